The van der Waals surface area contributed by atoms with Gasteiger partial charge in [-0.15, -0.1) is 0 Å². The van der Waals surface area contributed by atoms with Gasteiger partial charge >= 0.3 is 6.18 Å². The fourth-order valence-electron chi connectivity index (χ4n) is 4.47. The lowest BCUT2D eigenvalue weighted by atomic mass is 10.1. The number of nitrogens with one attached hydrogen (secondary N) is 1. The van der Waals surface area contributed by atoms with E-state index in [1.54, 1.807) is 44.6 Å². The Labute approximate surface area is 237 Å². The lowest BCUT2D eigenvalue weighted by molar-refractivity contribution is -0.137. The van der Waals surface area contributed by atoms with E-state index in [4.69, 9.17) is 14.2 Å². The molecular formula is C32H33F3N2O4. The summed E-state index contributed by atoms with van der Waals surface area (Å²) in [6.07, 6.45) is -3.66. The molecule has 0 aliphatic rings. The molecule has 0 aromatic heterocycles. The zero-order chi connectivity index (χ0) is 29.6. The second kappa shape index (κ2) is 13.0. The summed E-state index contributed by atoms with van der Waals surface area (Å²) < 4.78 is 55.2. The molecule has 0 radical (unpaired) electrons. The van der Waals surface area contributed by atoms with Crippen molar-refractivity contribution in [2.24, 2.45) is 0 Å². The molecule has 9 heteroatoms. The zero-order valence-electron chi connectivity index (χ0n) is 23.4. The van der Waals surface area contributed by atoms with E-state index in [1.165, 1.54) is 12.1 Å². The minimum absolute atomic E-state index is 0.0623. The highest BCUT2D eigenvalue weighted by Crippen LogP contribution is 2.34. The van der Waals surface area contributed by atoms with Gasteiger partial charge in [-0.05, 0) is 80.4 Å². The van der Waals surface area contributed by atoms with Crippen LogP contribution in [0, 0.1) is 0 Å². The van der Waals surface area contributed by atoms with Crippen LogP contribution < -0.4 is 19.5 Å². The maximum Gasteiger partial charge on any atom is 0.416 e. The smallest absolute Gasteiger partial charge is 0.416 e. The number of amides is 1. The number of hydrogen-bond donors (Lipinski definition) is 1. The Bertz CT molecular complexity index is 1490. The second-order valence-corrected chi connectivity index (χ2v) is 9.90. The van der Waals surface area contributed by atoms with Gasteiger partial charge < -0.3 is 24.4 Å². The summed E-state index contributed by atoms with van der Waals surface area (Å²) in [5.41, 5.74) is 0.814. The minimum Gasteiger partial charge on any atom is -0.497 e. The number of benzene rings is 4. The van der Waals surface area contributed by atoms with Crippen molar-refractivity contribution < 1.29 is 32.2 Å². The highest BCUT2D eigenvalue weighted by Gasteiger charge is 2.30. The highest BCUT2D eigenvalue weighted by atomic mass is 19.4. The first-order valence-electron chi connectivity index (χ1n) is 13.2. The van der Waals surface area contributed by atoms with Crippen molar-refractivity contribution in [1.82, 2.24) is 10.2 Å². The summed E-state index contributed by atoms with van der Waals surface area (Å²) in [6.45, 7) is 3.42. The number of rotatable bonds is 11. The van der Waals surface area contributed by atoms with Gasteiger partial charge in [0.2, 0.25) is 0 Å². The quantitative estimate of drug-likeness (QED) is 0.206. The lowest BCUT2D eigenvalue weighted by Gasteiger charge is -2.21. The van der Waals surface area contributed by atoms with Crippen LogP contribution in [0.15, 0.2) is 78.9 Å². The number of ether oxygens (including phenoxy) is 3. The number of halogens is 3. The standard InChI is InChI=1S/C32H33F3N2O4/c1-21(16-17-37(2)20-24-8-12-27(39-3)19-30(24)40-4)36-31(38)23-9-15-28-22(18-23)6-5-7-29(28)41-26-13-10-25(11-14-26)32(33,34)35/h5-15,18-19,21H,16-17,20H2,1-4H3,(H,36,38). The van der Waals surface area contributed by atoms with Crippen LogP contribution in [-0.2, 0) is 12.7 Å². The third-order valence-corrected chi connectivity index (χ3v) is 6.77. The van der Waals surface area contributed by atoms with Gasteiger partial charge in [-0.2, -0.15) is 13.2 Å². The topological polar surface area (TPSA) is 60.0 Å². The molecule has 0 aliphatic heterocycles. The predicted molar refractivity (Wildman–Crippen MR) is 153 cm³/mol. The maximum atomic E-state index is 13.0. The lowest BCUT2D eigenvalue weighted by Crippen LogP contribution is -2.35. The van der Waals surface area contributed by atoms with Crippen LogP contribution in [0.3, 0.4) is 0 Å². The van der Waals surface area contributed by atoms with Gasteiger partial charge in [-0.1, -0.05) is 18.2 Å². The van der Waals surface area contributed by atoms with Gasteiger partial charge in [0.15, 0.2) is 0 Å². The molecule has 4 aromatic carbocycles. The first-order chi connectivity index (χ1) is 19.6. The van der Waals surface area contributed by atoms with E-state index in [0.29, 0.717) is 17.9 Å². The van der Waals surface area contributed by atoms with Gasteiger partial charge in [0.25, 0.3) is 5.91 Å². The van der Waals surface area contributed by atoms with Crippen molar-refractivity contribution in [3.05, 3.63) is 95.6 Å². The Morgan fingerprint density at radius 1 is 0.902 bits per heavy atom. The van der Waals surface area contributed by atoms with Crippen LogP contribution >= 0.6 is 0 Å². The van der Waals surface area contributed by atoms with Crippen molar-refractivity contribution in [3.63, 3.8) is 0 Å². The highest BCUT2D eigenvalue weighted by molar-refractivity contribution is 6.00. The van der Waals surface area contributed by atoms with Crippen molar-refractivity contribution in [2.75, 3.05) is 27.8 Å². The third-order valence-electron chi connectivity index (χ3n) is 6.77. The van der Waals surface area contributed by atoms with Crippen LogP contribution in [0.1, 0.15) is 34.8 Å². The molecule has 1 atom stereocenters. The summed E-state index contributed by atoms with van der Waals surface area (Å²) in [5, 5.41) is 4.58. The molecule has 216 valence electrons. The molecule has 0 bridgehead atoms. The monoisotopic (exact) mass is 566 g/mol. The Hall–Kier alpha value is -4.24. The average Bonchev–Trinajstić information content (AvgIpc) is 2.96. The molecule has 0 fully saturated rings. The van der Waals surface area contributed by atoms with Crippen LogP contribution in [0.2, 0.25) is 0 Å². The molecule has 41 heavy (non-hydrogen) atoms. The molecule has 0 aliphatic carbocycles. The summed E-state index contributed by atoms with van der Waals surface area (Å²) >= 11 is 0. The molecule has 0 heterocycles. The van der Waals surface area contributed by atoms with E-state index in [2.05, 4.69) is 10.2 Å². The van der Waals surface area contributed by atoms with E-state index >= 15 is 0 Å². The van der Waals surface area contributed by atoms with Gasteiger partial charge in [0.05, 0.1) is 19.8 Å². The third kappa shape index (κ3) is 7.70. The largest absolute Gasteiger partial charge is 0.497 e. The molecular weight excluding hydrogens is 533 g/mol. The van der Waals surface area contributed by atoms with Crippen LogP contribution in [0.25, 0.3) is 10.8 Å². The molecule has 6 nitrogen and oxygen atoms in total. The number of nitrogens with zero attached hydrogens (tertiary/aromatic N) is 1. The van der Waals surface area contributed by atoms with Gasteiger partial charge in [-0.3, -0.25) is 4.79 Å². The minimum atomic E-state index is -4.41. The number of carbonyl (C=O) groups is 1. The molecule has 0 spiro atoms. The average molecular weight is 567 g/mol. The van der Waals surface area contributed by atoms with Crippen LogP contribution in [0.5, 0.6) is 23.0 Å². The molecule has 0 saturated heterocycles. The number of alkyl halides is 3. The van der Waals surface area contributed by atoms with E-state index < -0.39 is 11.7 Å². The molecule has 1 N–H and O–H groups in total. The Balaban J connectivity index is 1.35. The fourth-order valence-corrected chi connectivity index (χ4v) is 4.47. The molecule has 1 unspecified atom stereocenters. The number of fused-ring (bicyclic) bond motifs is 1. The van der Waals surface area contributed by atoms with E-state index in [0.717, 1.165) is 52.9 Å². The summed E-state index contributed by atoms with van der Waals surface area (Å²) in [6, 6.07) is 20.9. The van der Waals surface area contributed by atoms with Crippen molar-refractivity contribution in [1.29, 1.82) is 0 Å². The van der Waals surface area contributed by atoms with Crippen molar-refractivity contribution in [3.8, 4) is 23.0 Å². The molecule has 1 amide bonds. The van der Waals surface area contributed by atoms with Crippen LogP contribution in [0.4, 0.5) is 13.2 Å². The van der Waals surface area contributed by atoms with Gasteiger partial charge in [-0.25, -0.2) is 0 Å². The van der Waals surface area contributed by atoms with E-state index in [1.807, 2.05) is 38.2 Å². The van der Waals surface area contributed by atoms with Crippen molar-refractivity contribution >= 4 is 16.7 Å². The molecule has 4 rings (SSSR count). The molecule has 4 aromatic rings. The number of hydrogen-bond acceptors (Lipinski definition) is 5. The summed E-state index contributed by atoms with van der Waals surface area (Å²) in [7, 11) is 5.27. The van der Waals surface area contributed by atoms with Crippen molar-refractivity contribution in [2.45, 2.75) is 32.1 Å². The summed E-state index contributed by atoms with van der Waals surface area (Å²) in [4.78, 5) is 15.2. The van der Waals surface area contributed by atoms with E-state index in [-0.39, 0.29) is 17.7 Å². The zero-order valence-corrected chi connectivity index (χ0v) is 23.4. The maximum absolute atomic E-state index is 13.0. The normalized spacial score (nSPS) is 12.3. The number of carbonyl (C=O) groups excluding carboxylic acids is 1. The van der Waals surface area contributed by atoms with Gasteiger partial charge in [0, 0.05) is 41.7 Å². The Kier molecular flexibility index (Phi) is 9.39. The summed E-state index contributed by atoms with van der Waals surface area (Å²) in [5.74, 6) is 2.09. The second-order valence-electron chi connectivity index (χ2n) is 9.90. The predicted octanol–water partition coefficient (Wildman–Crippen LogP) is 7.31. The van der Waals surface area contributed by atoms with Gasteiger partial charge in [0.1, 0.15) is 23.0 Å². The van der Waals surface area contributed by atoms with Crippen LogP contribution in [-0.4, -0.2) is 44.7 Å². The Morgan fingerprint density at radius 3 is 2.32 bits per heavy atom. The fraction of sp³-hybridized carbons (Fsp3) is 0.281. The molecule has 0 saturated carbocycles. The first-order valence-corrected chi connectivity index (χ1v) is 13.2. The van der Waals surface area contributed by atoms with E-state index in [9.17, 15) is 18.0 Å². The number of methoxy groups -OCH3 is 2. The Morgan fingerprint density at radius 2 is 1.63 bits per heavy atom. The first kappa shape index (κ1) is 29.7. The SMILES string of the molecule is COc1ccc(CN(C)CCC(C)NC(=O)c2ccc3c(Oc4ccc(C(F)(F)F)cc4)cccc3c2)c(OC)c1.